The maximum Gasteiger partial charge on any atom is 0.303 e. The van der Waals surface area contributed by atoms with Crippen molar-refractivity contribution in [3.63, 3.8) is 0 Å². The Morgan fingerprint density at radius 3 is 2.60 bits per heavy atom. The minimum atomic E-state index is -0.826. The van der Waals surface area contributed by atoms with E-state index in [4.69, 9.17) is 5.11 Å². The van der Waals surface area contributed by atoms with Gasteiger partial charge in [-0.3, -0.25) is 9.59 Å². The summed E-state index contributed by atoms with van der Waals surface area (Å²) in [6, 6.07) is 7.13. The van der Waals surface area contributed by atoms with Crippen LogP contribution in [0.25, 0.3) is 0 Å². The summed E-state index contributed by atoms with van der Waals surface area (Å²) in [6.07, 6.45) is 1.49. The summed E-state index contributed by atoms with van der Waals surface area (Å²) in [5, 5.41) is 15.1. The van der Waals surface area contributed by atoms with Gasteiger partial charge in [-0.15, -0.1) is 5.10 Å². The Hall–Kier alpha value is -2.28. The number of carboxylic acid groups (broad SMARTS) is 1. The first kappa shape index (κ1) is 14.1. The highest BCUT2D eigenvalue weighted by Crippen LogP contribution is 2.21. The van der Waals surface area contributed by atoms with Gasteiger partial charge in [0.15, 0.2) is 0 Å². The van der Waals surface area contributed by atoms with E-state index in [1.807, 2.05) is 19.1 Å². The maximum atomic E-state index is 11.8. The molecule has 1 aromatic carbocycles. The molecular formula is C13H13N3O3S. The number of aromatic nitrogens is 2. The Kier molecular flexibility index (Phi) is 4.41. The Bertz CT molecular complexity index is 596. The number of anilines is 1. The Morgan fingerprint density at radius 1 is 1.35 bits per heavy atom. The van der Waals surface area contributed by atoms with E-state index in [1.54, 1.807) is 12.1 Å². The fourth-order valence-corrected chi connectivity index (χ4v) is 2.15. The Morgan fingerprint density at radius 2 is 2.05 bits per heavy atom. The van der Waals surface area contributed by atoms with Crippen LogP contribution in [0, 0.1) is 0 Å². The number of carboxylic acids is 1. The van der Waals surface area contributed by atoms with E-state index in [0.717, 1.165) is 17.1 Å². The Labute approximate surface area is 119 Å². The number of benzene rings is 1. The SMILES string of the molecule is CC(CC(=O)O)c1ccc(NC(=O)c2cnns2)cc1. The third-order valence-corrected chi connectivity index (χ3v) is 3.47. The van der Waals surface area contributed by atoms with Gasteiger partial charge in [-0.25, -0.2) is 0 Å². The van der Waals surface area contributed by atoms with Crippen molar-refractivity contribution >= 4 is 29.1 Å². The lowest BCUT2D eigenvalue weighted by atomic mass is 9.98. The lowest BCUT2D eigenvalue weighted by Gasteiger charge is -2.10. The number of hydrogen-bond donors (Lipinski definition) is 2. The van der Waals surface area contributed by atoms with E-state index in [9.17, 15) is 9.59 Å². The van der Waals surface area contributed by atoms with Gasteiger partial charge in [0.1, 0.15) is 4.88 Å². The van der Waals surface area contributed by atoms with Crippen LogP contribution in [-0.2, 0) is 4.79 Å². The molecule has 1 heterocycles. The molecule has 1 aromatic heterocycles. The van der Waals surface area contributed by atoms with Crippen LogP contribution in [-0.4, -0.2) is 26.6 Å². The van der Waals surface area contributed by atoms with Crippen molar-refractivity contribution in [1.29, 1.82) is 0 Å². The largest absolute Gasteiger partial charge is 0.481 e. The highest BCUT2D eigenvalue weighted by molar-refractivity contribution is 7.07. The molecule has 0 radical (unpaired) electrons. The van der Waals surface area contributed by atoms with Crippen LogP contribution in [0.15, 0.2) is 30.5 Å². The van der Waals surface area contributed by atoms with Crippen molar-refractivity contribution in [2.24, 2.45) is 0 Å². The van der Waals surface area contributed by atoms with Gasteiger partial charge in [0, 0.05) is 5.69 Å². The third kappa shape index (κ3) is 3.61. The average Bonchev–Trinajstić information content (AvgIpc) is 2.92. The smallest absolute Gasteiger partial charge is 0.303 e. The van der Waals surface area contributed by atoms with E-state index in [2.05, 4.69) is 14.9 Å². The van der Waals surface area contributed by atoms with Crippen LogP contribution in [0.3, 0.4) is 0 Å². The molecule has 0 bridgehead atoms. The van der Waals surface area contributed by atoms with Crippen LogP contribution < -0.4 is 5.32 Å². The summed E-state index contributed by atoms with van der Waals surface area (Å²) in [5.74, 6) is -1.15. The lowest BCUT2D eigenvalue weighted by molar-refractivity contribution is -0.137. The van der Waals surface area contributed by atoms with Gasteiger partial charge >= 0.3 is 5.97 Å². The molecule has 1 unspecified atom stereocenters. The molecule has 0 aliphatic heterocycles. The number of nitrogens with zero attached hydrogens (tertiary/aromatic N) is 2. The first-order valence-corrected chi connectivity index (χ1v) is 6.74. The Balaban J connectivity index is 2.01. The molecule has 1 atom stereocenters. The average molecular weight is 291 g/mol. The van der Waals surface area contributed by atoms with E-state index < -0.39 is 5.97 Å². The quantitative estimate of drug-likeness (QED) is 0.882. The summed E-state index contributed by atoms with van der Waals surface area (Å²) < 4.78 is 3.62. The molecule has 7 heteroatoms. The highest BCUT2D eigenvalue weighted by Gasteiger charge is 2.11. The third-order valence-electron chi connectivity index (χ3n) is 2.80. The molecule has 0 spiro atoms. The van der Waals surface area contributed by atoms with Crippen molar-refractivity contribution < 1.29 is 14.7 Å². The van der Waals surface area contributed by atoms with Gasteiger partial charge in [0.25, 0.3) is 5.91 Å². The minimum Gasteiger partial charge on any atom is -0.481 e. The number of carbonyl (C=O) groups excluding carboxylic acids is 1. The second-order valence-electron chi connectivity index (χ2n) is 4.36. The summed E-state index contributed by atoms with van der Waals surface area (Å²) in [4.78, 5) is 22.9. The van der Waals surface area contributed by atoms with Gasteiger partial charge in [-0.05, 0) is 35.1 Å². The molecule has 2 N–H and O–H groups in total. The van der Waals surface area contributed by atoms with E-state index in [0.29, 0.717) is 10.6 Å². The molecule has 1 amide bonds. The molecule has 0 saturated heterocycles. The summed E-state index contributed by atoms with van der Waals surface area (Å²) in [6.45, 7) is 1.85. The first-order valence-electron chi connectivity index (χ1n) is 5.96. The molecule has 0 aliphatic carbocycles. The lowest BCUT2D eigenvalue weighted by Crippen LogP contribution is -2.10. The molecular weight excluding hydrogens is 278 g/mol. The van der Waals surface area contributed by atoms with Crippen LogP contribution in [0.5, 0.6) is 0 Å². The van der Waals surface area contributed by atoms with Crippen LogP contribution >= 0.6 is 11.5 Å². The van der Waals surface area contributed by atoms with Gasteiger partial charge in [0.05, 0.1) is 12.6 Å². The highest BCUT2D eigenvalue weighted by atomic mass is 32.1. The van der Waals surface area contributed by atoms with Crippen molar-refractivity contribution in [3.05, 3.63) is 40.9 Å². The number of rotatable bonds is 5. The fraction of sp³-hybridized carbons (Fsp3) is 0.231. The number of amides is 1. The summed E-state index contributed by atoms with van der Waals surface area (Å²) >= 11 is 1.03. The summed E-state index contributed by atoms with van der Waals surface area (Å²) in [5.41, 5.74) is 1.57. The number of aliphatic carboxylic acids is 1. The zero-order chi connectivity index (χ0) is 14.5. The van der Waals surface area contributed by atoms with Crippen LogP contribution in [0.2, 0.25) is 0 Å². The van der Waals surface area contributed by atoms with Crippen molar-refractivity contribution in [1.82, 2.24) is 9.59 Å². The standard InChI is InChI=1S/C13H13N3O3S/c1-8(6-12(17)18)9-2-4-10(5-3-9)15-13(19)11-7-14-16-20-11/h2-5,7-8H,6H2,1H3,(H,15,19)(H,17,18). The van der Waals surface area contributed by atoms with E-state index >= 15 is 0 Å². The number of carbonyl (C=O) groups is 2. The molecule has 0 aliphatic rings. The normalized spacial score (nSPS) is 11.8. The van der Waals surface area contributed by atoms with Crippen molar-refractivity contribution in [2.75, 3.05) is 5.32 Å². The molecule has 0 saturated carbocycles. The van der Waals surface area contributed by atoms with Crippen LogP contribution in [0.1, 0.15) is 34.5 Å². The van der Waals surface area contributed by atoms with E-state index in [-0.39, 0.29) is 18.2 Å². The summed E-state index contributed by atoms with van der Waals surface area (Å²) in [7, 11) is 0. The zero-order valence-electron chi connectivity index (χ0n) is 10.7. The zero-order valence-corrected chi connectivity index (χ0v) is 11.6. The molecule has 0 fully saturated rings. The fourth-order valence-electron chi connectivity index (χ4n) is 1.73. The van der Waals surface area contributed by atoms with Crippen LogP contribution in [0.4, 0.5) is 5.69 Å². The van der Waals surface area contributed by atoms with Crippen molar-refractivity contribution in [3.8, 4) is 0 Å². The molecule has 2 aromatic rings. The van der Waals surface area contributed by atoms with Gasteiger partial charge in [0.2, 0.25) is 0 Å². The predicted molar refractivity (Wildman–Crippen MR) is 75.0 cm³/mol. The van der Waals surface area contributed by atoms with Crippen molar-refractivity contribution in [2.45, 2.75) is 19.3 Å². The molecule has 20 heavy (non-hydrogen) atoms. The molecule has 2 rings (SSSR count). The second kappa shape index (κ2) is 6.25. The topological polar surface area (TPSA) is 92.2 Å². The number of nitrogens with one attached hydrogen (secondary N) is 1. The van der Waals surface area contributed by atoms with Gasteiger partial charge < -0.3 is 10.4 Å². The first-order chi connectivity index (χ1) is 9.56. The maximum absolute atomic E-state index is 11.8. The number of hydrogen-bond acceptors (Lipinski definition) is 5. The van der Waals surface area contributed by atoms with E-state index in [1.165, 1.54) is 6.20 Å². The molecule has 104 valence electrons. The molecule has 6 nitrogen and oxygen atoms in total. The van der Waals surface area contributed by atoms with Gasteiger partial charge in [-0.2, -0.15) is 0 Å². The van der Waals surface area contributed by atoms with Gasteiger partial charge in [-0.1, -0.05) is 23.5 Å². The monoisotopic (exact) mass is 291 g/mol. The minimum absolute atomic E-state index is 0.0667. The predicted octanol–water partition coefficient (Wildman–Crippen LogP) is 2.37. The second-order valence-corrected chi connectivity index (χ2v) is 5.14.